The minimum Gasteiger partial charge on any atom is -0.378 e. The number of nitrogens with one attached hydrogen (secondary N) is 1. The fourth-order valence-electron chi connectivity index (χ4n) is 2.31. The second-order valence-electron chi connectivity index (χ2n) is 5.74. The summed E-state index contributed by atoms with van der Waals surface area (Å²) in [6.07, 6.45) is 4.35. The molecule has 0 aromatic heterocycles. The van der Waals surface area contributed by atoms with Crippen molar-refractivity contribution in [1.29, 1.82) is 0 Å². The van der Waals surface area contributed by atoms with E-state index in [1.54, 1.807) is 0 Å². The van der Waals surface area contributed by atoms with Gasteiger partial charge in [0.2, 0.25) is 0 Å². The lowest BCUT2D eigenvalue weighted by molar-refractivity contribution is 0.0954. The van der Waals surface area contributed by atoms with Crippen LogP contribution in [0, 0.1) is 5.92 Å². The van der Waals surface area contributed by atoms with E-state index >= 15 is 0 Å². The Labute approximate surface area is 120 Å². The molecule has 1 saturated carbocycles. The lowest BCUT2D eigenvalue weighted by Gasteiger charge is -2.18. The minimum atomic E-state index is -0.138. The van der Waals surface area contributed by atoms with Crippen molar-refractivity contribution < 1.29 is 4.79 Å². The first-order valence-electron chi connectivity index (χ1n) is 7.19. The highest BCUT2D eigenvalue weighted by molar-refractivity contribution is 5.95. The highest BCUT2D eigenvalue weighted by atomic mass is 16.2. The third-order valence-corrected chi connectivity index (χ3v) is 3.81. The summed E-state index contributed by atoms with van der Waals surface area (Å²) >= 11 is 0. The number of benzene rings is 1. The van der Waals surface area contributed by atoms with E-state index in [0.29, 0.717) is 5.56 Å². The maximum Gasteiger partial charge on any atom is 0.271 e. The fourth-order valence-corrected chi connectivity index (χ4v) is 2.31. The van der Waals surface area contributed by atoms with Crippen molar-refractivity contribution in [3.05, 3.63) is 29.8 Å². The molecule has 4 heteroatoms. The van der Waals surface area contributed by atoms with Crippen LogP contribution >= 0.6 is 0 Å². The van der Waals surface area contributed by atoms with E-state index in [9.17, 15) is 4.79 Å². The van der Waals surface area contributed by atoms with E-state index in [-0.39, 0.29) is 5.91 Å². The summed E-state index contributed by atoms with van der Waals surface area (Å²) in [7, 11) is 3.95. The Balaban J connectivity index is 1.93. The van der Waals surface area contributed by atoms with E-state index in [4.69, 9.17) is 0 Å². The number of carbonyl (C=O) groups is 1. The van der Waals surface area contributed by atoms with Crippen LogP contribution in [0.15, 0.2) is 29.4 Å². The summed E-state index contributed by atoms with van der Waals surface area (Å²) in [5, 5.41) is 4.26. The molecule has 1 fully saturated rings. The van der Waals surface area contributed by atoms with Crippen LogP contribution in [0.25, 0.3) is 0 Å². The molecule has 1 aliphatic rings. The van der Waals surface area contributed by atoms with Gasteiger partial charge in [0, 0.05) is 31.1 Å². The van der Waals surface area contributed by atoms with Gasteiger partial charge in [-0.25, -0.2) is 5.43 Å². The van der Waals surface area contributed by atoms with E-state index in [1.807, 2.05) is 43.3 Å². The SMILES string of the molecule is CC1CCC(=NNC(=O)c2ccc(N(C)C)cc2)CC1. The average Bonchev–Trinajstić information content (AvgIpc) is 2.46. The normalized spacial score (nSPS) is 18.6. The van der Waals surface area contributed by atoms with Crippen LogP contribution in [-0.4, -0.2) is 25.7 Å². The van der Waals surface area contributed by atoms with Crippen LogP contribution in [0.4, 0.5) is 5.69 Å². The van der Waals surface area contributed by atoms with Gasteiger partial charge in [-0.05, 0) is 55.9 Å². The molecule has 1 aromatic rings. The van der Waals surface area contributed by atoms with Gasteiger partial charge in [0.05, 0.1) is 0 Å². The monoisotopic (exact) mass is 273 g/mol. The Kier molecular flexibility index (Phi) is 4.77. The number of amides is 1. The molecule has 108 valence electrons. The number of anilines is 1. The van der Waals surface area contributed by atoms with Gasteiger partial charge in [-0.3, -0.25) is 4.79 Å². The molecule has 0 aliphatic heterocycles. The molecule has 0 unspecified atom stereocenters. The number of carbonyl (C=O) groups excluding carboxylic acids is 1. The number of hydrogen-bond donors (Lipinski definition) is 1. The summed E-state index contributed by atoms with van der Waals surface area (Å²) in [6, 6.07) is 7.52. The zero-order chi connectivity index (χ0) is 14.5. The van der Waals surface area contributed by atoms with E-state index in [1.165, 1.54) is 12.8 Å². The topological polar surface area (TPSA) is 44.7 Å². The van der Waals surface area contributed by atoms with Gasteiger partial charge in [-0.1, -0.05) is 6.92 Å². The third kappa shape index (κ3) is 3.83. The molecule has 1 amide bonds. The molecule has 20 heavy (non-hydrogen) atoms. The molecule has 0 radical (unpaired) electrons. The standard InChI is InChI=1S/C16H23N3O/c1-12-4-8-14(9-5-12)17-18-16(20)13-6-10-15(11-7-13)19(2)3/h6-7,10-12H,4-5,8-9H2,1-3H3,(H,18,20). The van der Waals surface area contributed by atoms with Crippen LogP contribution in [-0.2, 0) is 0 Å². The van der Waals surface area contributed by atoms with Crippen molar-refractivity contribution >= 4 is 17.3 Å². The lowest BCUT2D eigenvalue weighted by Crippen LogP contribution is -2.22. The van der Waals surface area contributed by atoms with E-state index in [0.717, 1.165) is 30.2 Å². The summed E-state index contributed by atoms with van der Waals surface area (Å²) < 4.78 is 0. The smallest absolute Gasteiger partial charge is 0.271 e. The molecule has 4 nitrogen and oxygen atoms in total. The van der Waals surface area contributed by atoms with Crippen LogP contribution < -0.4 is 10.3 Å². The van der Waals surface area contributed by atoms with Crippen molar-refractivity contribution in [3.63, 3.8) is 0 Å². The quantitative estimate of drug-likeness (QED) is 0.860. The molecule has 1 aliphatic carbocycles. The Morgan fingerprint density at radius 2 is 1.80 bits per heavy atom. The second kappa shape index (κ2) is 6.55. The van der Waals surface area contributed by atoms with E-state index < -0.39 is 0 Å². The molecule has 0 heterocycles. The van der Waals surface area contributed by atoms with Crippen LogP contribution in [0.2, 0.25) is 0 Å². The summed E-state index contributed by atoms with van der Waals surface area (Å²) in [6.45, 7) is 2.27. The molecular formula is C16H23N3O. The van der Waals surface area contributed by atoms with Crippen molar-refractivity contribution in [2.75, 3.05) is 19.0 Å². The van der Waals surface area contributed by atoms with Crippen LogP contribution in [0.3, 0.4) is 0 Å². The van der Waals surface area contributed by atoms with Crippen molar-refractivity contribution in [2.24, 2.45) is 11.0 Å². The van der Waals surface area contributed by atoms with Crippen molar-refractivity contribution in [2.45, 2.75) is 32.6 Å². The maximum atomic E-state index is 12.0. The average molecular weight is 273 g/mol. The first-order valence-corrected chi connectivity index (χ1v) is 7.19. The molecule has 1 N–H and O–H groups in total. The third-order valence-electron chi connectivity index (χ3n) is 3.81. The Bertz CT molecular complexity index is 481. The summed E-state index contributed by atoms with van der Waals surface area (Å²) in [5.41, 5.74) is 5.50. The number of rotatable bonds is 3. The molecular weight excluding hydrogens is 250 g/mol. The Hall–Kier alpha value is -1.84. The predicted octanol–water partition coefficient (Wildman–Crippen LogP) is 3.05. The molecule has 0 atom stereocenters. The number of hydrazone groups is 1. The van der Waals surface area contributed by atoms with E-state index in [2.05, 4.69) is 17.5 Å². The zero-order valence-electron chi connectivity index (χ0n) is 12.5. The number of hydrogen-bond acceptors (Lipinski definition) is 3. The molecule has 1 aromatic carbocycles. The first-order chi connectivity index (χ1) is 9.56. The highest BCUT2D eigenvalue weighted by Gasteiger charge is 2.14. The van der Waals surface area contributed by atoms with Crippen LogP contribution in [0.1, 0.15) is 43.0 Å². The maximum absolute atomic E-state index is 12.0. The lowest BCUT2D eigenvalue weighted by atomic mass is 9.90. The molecule has 0 spiro atoms. The van der Waals surface area contributed by atoms with Crippen molar-refractivity contribution in [3.8, 4) is 0 Å². The molecule has 0 saturated heterocycles. The Morgan fingerprint density at radius 1 is 1.20 bits per heavy atom. The second-order valence-corrected chi connectivity index (χ2v) is 5.74. The van der Waals surface area contributed by atoms with Gasteiger partial charge in [0.15, 0.2) is 0 Å². The van der Waals surface area contributed by atoms with Gasteiger partial charge in [-0.15, -0.1) is 0 Å². The van der Waals surface area contributed by atoms with Crippen LogP contribution in [0.5, 0.6) is 0 Å². The van der Waals surface area contributed by atoms with Crippen molar-refractivity contribution in [1.82, 2.24) is 5.43 Å². The molecule has 0 bridgehead atoms. The molecule has 2 rings (SSSR count). The van der Waals surface area contributed by atoms with Gasteiger partial charge in [-0.2, -0.15) is 5.10 Å². The minimum absolute atomic E-state index is 0.138. The van der Waals surface area contributed by atoms with Gasteiger partial charge in [0.25, 0.3) is 5.91 Å². The first kappa shape index (κ1) is 14.6. The van der Waals surface area contributed by atoms with Gasteiger partial charge in [0.1, 0.15) is 0 Å². The van der Waals surface area contributed by atoms with Gasteiger partial charge < -0.3 is 4.90 Å². The predicted molar refractivity (Wildman–Crippen MR) is 83.3 cm³/mol. The highest BCUT2D eigenvalue weighted by Crippen LogP contribution is 2.21. The Morgan fingerprint density at radius 3 is 2.35 bits per heavy atom. The zero-order valence-corrected chi connectivity index (χ0v) is 12.5. The summed E-state index contributed by atoms with van der Waals surface area (Å²) in [5.74, 6) is 0.643. The van der Waals surface area contributed by atoms with Gasteiger partial charge >= 0.3 is 0 Å². The number of nitrogens with zero attached hydrogens (tertiary/aromatic N) is 2. The summed E-state index contributed by atoms with van der Waals surface area (Å²) in [4.78, 5) is 14.0. The fraction of sp³-hybridized carbons (Fsp3) is 0.500. The largest absolute Gasteiger partial charge is 0.378 e.